The number of methoxy groups -OCH3 is 1. The molecule has 0 unspecified atom stereocenters. The Morgan fingerprint density at radius 3 is 2.73 bits per heavy atom. The van der Waals surface area contributed by atoms with Crippen LogP contribution >= 0.6 is 0 Å². The van der Waals surface area contributed by atoms with Gasteiger partial charge in [-0.3, -0.25) is 4.18 Å². The smallest absolute Gasteiger partial charge is 0.264 e. The molecule has 15 heavy (non-hydrogen) atoms. The number of rotatable bonds is 6. The molecule has 1 aliphatic rings. The number of nitrogens with zero attached hydrogens (tertiary/aromatic N) is 1. The van der Waals surface area contributed by atoms with Crippen molar-refractivity contribution in [2.45, 2.75) is 6.10 Å². The van der Waals surface area contributed by atoms with Crippen molar-refractivity contribution >= 4 is 16.0 Å². The second-order valence-electron chi connectivity index (χ2n) is 3.17. The molecule has 0 saturated carbocycles. The lowest BCUT2D eigenvalue weighted by atomic mass is 10.4. The molecule has 1 atom stereocenters. The Labute approximate surface area is 89.4 Å². The zero-order valence-electron chi connectivity index (χ0n) is 8.71. The van der Waals surface area contributed by atoms with Crippen molar-refractivity contribution in [3.63, 3.8) is 0 Å². The third kappa shape index (κ3) is 4.90. The van der Waals surface area contributed by atoms with Crippen molar-refractivity contribution in [1.29, 1.82) is 0 Å². The van der Waals surface area contributed by atoms with Crippen molar-refractivity contribution in [2.24, 2.45) is 0 Å². The zero-order chi connectivity index (χ0) is 11.3. The van der Waals surface area contributed by atoms with Gasteiger partial charge in [0.05, 0.1) is 18.9 Å². The third-order valence-electron chi connectivity index (χ3n) is 1.67. The molecule has 0 radical (unpaired) electrons. The van der Waals surface area contributed by atoms with E-state index in [1.807, 2.05) is 6.08 Å². The summed E-state index contributed by atoms with van der Waals surface area (Å²) < 4.78 is 33.4. The van der Waals surface area contributed by atoms with E-state index in [-0.39, 0.29) is 6.61 Å². The summed E-state index contributed by atoms with van der Waals surface area (Å²) in [5.41, 5.74) is 0. The lowest BCUT2D eigenvalue weighted by molar-refractivity contribution is -0.458. The van der Waals surface area contributed by atoms with Gasteiger partial charge in [0.1, 0.15) is 0 Å². The Morgan fingerprint density at radius 2 is 2.27 bits per heavy atom. The first-order chi connectivity index (χ1) is 7.01. The quantitative estimate of drug-likeness (QED) is 0.468. The summed E-state index contributed by atoms with van der Waals surface area (Å²) in [4.78, 5) is 0. The van der Waals surface area contributed by atoms with Crippen LogP contribution in [-0.2, 0) is 19.0 Å². The maximum atomic E-state index is 10.9. The minimum absolute atomic E-state index is 0.221. The molecule has 0 amide bonds. The van der Waals surface area contributed by atoms with Crippen molar-refractivity contribution in [3.8, 4) is 0 Å². The molecule has 0 spiro atoms. The zero-order valence-corrected chi connectivity index (χ0v) is 9.53. The molecule has 0 fully saturated rings. The first kappa shape index (κ1) is 12.1. The molecular formula is C9H14NO4S+. The van der Waals surface area contributed by atoms with Crippen molar-refractivity contribution in [2.75, 3.05) is 26.5 Å². The fourth-order valence-corrected chi connectivity index (χ4v) is 1.82. The van der Waals surface area contributed by atoms with Crippen LogP contribution in [0.1, 0.15) is 0 Å². The lowest BCUT2D eigenvalue weighted by Gasteiger charge is -2.11. The van der Waals surface area contributed by atoms with Crippen molar-refractivity contribution < 1.29 is 21.9 Å². The molecular weight excluding hydrogens is 218 g/mol. The molecule has 0 N–H and O–H groups in total. The SMILES string of the molecule is COC[C@H](C[N+]1=C=CC=C1)OS(C)(=O)=O. The second kappa shape index (κ2) is 5.23. The standard InChI is InChI=1S/C9H14NO4S/c1-13-8-9(14-15(2,11)12)7-10-5-3-4-6-10/h3-5,9H,7-8H2,1-2H3/q+1/t9-/m0/s1. The first-order valence-electron chi connectivity index (χ1n) is 4.41. The van der Waals surface area contributed by atoms with Crippen molar-refractivity contribution in [1.82, 2.24) is 0 Å². The summed E-state index contributed by atoms with van der Waals surface area (Å²) in [7, 11) is -1.96. The Balaban J connectivity index is 2.58. The Bertz CT molecular complexity index is 404. The van der Waals surface area contributed by atoms with Gasteiger partial charge in [-0.15, -0.1) is 0 Å². The molecule has 0 saturated heterocycles. The van der Waals surface area contributed by atoms with E-state index < -0.39 is 16.2 Å². The highest BCUT2D eigenvalue weighted by molar-refractivity contribution is 7.86. The third-order valence-corrected chi connectivity index (χ3v) is 2.29. The summed E-state index contributed by atoms with van der Waals surface area (Å²) >= 11 is 0. The molecule has 0 bridgehead atoms. The van der Waals surface area contributed by atoms with Gasteiger partial charge in [0, 0.05) is 13.2 Å². The van der Waals surface area contributed by atoms with Crippen LogP contribution in [0, 0.1) is 0 Å². The van der Waals surface area contributed by atoms with Gasteiger partial charge in [0.2, 0.25) is 0 Å². The maximum absolute atomic E-state index is 10.9. The average Bonchev–Trinajstić information content (AvgIpc) is 2.54. The first-order valence-corrected chi connectivity index (χ1v) is 6.23. The van der Waals surface area contributed by atoms with E-state index >= 15 is 0 Å². The summed E-state index contributed by atoms with van der Waals surface area (Å²) in [5.74, 6) is 2.90. The predicted octanol–water partition coefficient (Wildman–Crippen LogP) is -0.257. The van der Waals surface area contributed by atoms with Crippen LogP contribution in [0.2, 0.25) is 0 Å². The molecule has 1 heterocycles. The molecule has 1 rings (SSSR count). The fourth-order valence-electron chi connectivity index (χ4n) is 1.21. The second-order valence-corrected chi connectivity index (χ2v) is 4.77. The molecule has 84 valence electrons. The largest absolute Gasteiger partial charge is 0.382 e. The van der Waals surface area contributed by atoms with Crippen LogP contribution in [0.4, 0.5) is 0 Å². The number of hydrogen-bond donors (Lipinski definition) is 0. The van der Waals surface area contributed by atoms with Crippen LogP contribution in [0.25, 0.3) is 0 Å². The van der Waals surface area contributed by atoms with Crippen LogP contribution in [0.15, 0.2) is 18.4 Å². The lowest BCUT2D eigenvalue weighted by Crippen LogP contribution is -2.30. The monoisotopic (exact) mass is 232 g/mol. The minimum Gasteiger partial charge on any atom is -0.382 e. The maximum Gasteiger partial charge on any atom is 0.264 e. The molecule has 0 aromatic heterocycles. The van der Waals surface area contributed by atoms with E-state index in [9.17, 15) is 8.42 Å². The fraction of sp³-hybridized carbons (Fsp3) is 0.556. The van der Waals surface area contributed by atoms with Crippen molar-refractivity contribution in [3.05, 3.63) is 18.4 Å². The van der Waals surface area contributed by atoms with Gasteiger partial charge in [-0.25, -0.2) is 0 Å². The van der Waals surface area contributed by atoms with E-state index in [1.165, 1.54) is 7.11 Å². The highest BCUT2D eigenvalue weighted by atomic mass is 32.2. The summed E-state index contributed by atoms with van der Waals surface area (Å²) in [6, 6.07) is 0. The van der Waals surface area contributed by atoms with Gasteiger partial charge in [0.25, 0.3) is 10.1 Å². The van der Waals surface area contributed by atoms with Gasteiger partial charge in [-0.1, -0.05) is 0 Å². The molecule has 5 nitrogen and oxygen atoms in total. The molecule has 1 aliphatic heterocycles. The van der Waals surface area contributed by atoms with E-state index in [0.29, 0.717) is 6.54 Å². The summed E-state index contributed by atoms with van der Waals surface area (Å²) in [6.45, 7) is 0.618. The topological polar surface area (TPSA) is 55.6 Å². The summed E-state index contributed by atoms with van der Waals surface area (Å²) in [6.07, 6.45) is 5.84. The summed E-state index contributed by atoms with van der Waals surface area (Å²) in [5, 5.41) is 0. The van der Waals surface area contributed by atoms with Gasteiger partial charge in [-0.05, 0) is 0 Å². The minimum atomic E-state index is -3.46. The molecule has 0 aromatic carbocycles. The number of allylic oxidation sites excluding steroid dienone is 2. The Hall–Kier alpha value is -0.940. The van der Waals surface area contributed by atoms with Crippen LogP contribution in [0.3, 0.4) is 0 Å². The van der Waals surface area contributed by atoms with E-state index in [2.05, 4.69) is 5.87 Å². The van der Waals surface area contributed by atoms with Crippen LogP contribution < -0.4 is 0 Å². The predicted molar refractivity (Wildman–Crippen MR) is 55.4 cm³/mol. The molecule has 0 aromatic rings. The molecule has 0 aliphatic carbocycles. The number of hydrogen-bond acceptors (Lipinski definition) is 4. The highest BCUT2D eigenvalue weighted by Crippen LogP contribution is 2.00. The Morgan fingerprint density at radius 1 is 1.53 bits per heavy atom. The Kier molecular flexibility index (Phi) is 4.23. The normalized spacial score (nSPS) is 16.8. The van der Waals surface area contributed by atoms with E-state index in [1.54, 1.807) is 16.9 Å². The van der Waals surface area contributed by atoms with Gasteiger partial charge >= 0.3 is 0 Å². The van der Waals surface area contributed by atoms with E-state index in [4.69, 9.17) is 8.92 Å². The highest BCUT2D eigenvalue weighted by Gasteiger charge is 2.21. The average molecular weight is 232 g/mol. The van der Waals surface area contributed by atoms with Crippen LogP contribution in [0.5, 0.6) is 0 Å². The van der Waals surface area contributed by atoms with Gasteiger partial charge in [0.15, 0.2) is 24.7 Å². The van der Waals surface area contributed by atoms with Gasteiger partial charge < -0.3 is 4.74 Å². The number of ether oxygens (including phenoxy) is 1. The molecule has 6 heteroatoms. The van der Waals surface area contributed by atoms with E-state index in [0.717, 1.165) is 6.26 Å². The van der Waals surface area contributed by atoms with Crippen LogP contribution in [-0.4, -0.2) is 51.5 Å². The van der Waals surface area contributed by atoms with Gasteiger partial charge in [-0.2, -0.15) is 13.0 Å².